The standard InChI is InChI=1S/C26H21NO5/c1-16-8-6-7-11-21(16)25(29)31-20-13-12-19-14-22(26(30)32-23(19)15-20)24(28)27-17(2)18-9-4-3-5-10-18/h3-15,17H,1-2H3,(H,27,28). The maximum absolute atomic E-state index is 12.7. The largest absolute Gasteiger partial charge is 0.423 e. The summed E-state index contributed by atoms with van der Waals surface area (Å²) in [4.78, 5) is 37.5. The highest BCUT2D eigenvalue weighted by molar-refractivity contribution is 5.97. The number of fused-ring (bicyclic) bond motifs is 1. The first-order valence-electron chi connectivity index (χ1n) is 10.1. The molecular formula is C26H21NO5. The summed E-state index contributed by atoms with van der Waals surface area (Å²) in [5.41, 5.74) is 1.53. The number of nitrogens with one attached hydrogen (secondary N) is 1. The lowest BCUT2D eigenvalue weighted by Crippen LogP contribution is -2.30. The van der Waals surface area contributed by atoms with Crippen molar-refractivity contribution >= 4 is 22.8 Å². The van der Waals surface area contributed by atoms with Gasteiger partial charge in [-0.15, -0.1) is 0 Å². The second-order valence-electron chi connectivity index (χ2n) is 7.46. The van der Waals surface area contributed by atoms with E-state index in [4.69, 9.17) is 9.15 Å². The molecule has 0 spiro atoms. The lowest BCUT2D eigenvalue weighted by Gasteiger charge is -2.14. The summed E-state index contributed by atoms with van der Waals surface area (Å²) in [5.74, 6) is -0.786. The van der Waals surface area contributed by atoms with Crippen molar-refractivity contribution in [3.8, 4) is 5.75 Å². The van der Waals surface area contributed by atoms with Crippen LogP contribution in [-0.4, -0.2) is 11.9 Å². The van der Waals surface area contributed by atoms with Crippen LogP contribution in [0.2, 0.25) is 0 Å². The second-order valence-corrected chi connectivity index (χ2v) is 7.46. The Hall–Kier alpha value is -4.19. The summed E-state index contributed by atoms with van der Waals surface area (Å²) in [6.07, 6.45) is 0. The van der Waals surface area contributed by atoms with Gasteiger partial charge in [0.2, 0.25) is 0 Å². The van der Waals surface area contributed by atoms with Gasteiger partial charge in [-0.05, 0) is 49.2 Å². The van der Waals surface area contributed by atoms with Crippen LogP contribution in [0.1, 0.15) is 44.8 Å². The molecule has 1 unspecified atom stereocenters. The van der Waals surface area contributed by atoms with Crippen LogP contribution < -0.4 is 15.7 Å². The van der Waals surface area contributed by atoms with E-state index in [2.05, 4.69) is 5.32 Å². The zero-order valence-corrected chi connectivity index (χ0v) is 17.6. The van der Waals surface area contributed by atoms with E-state index in [1.54, 1.807) is 24.3 Å². The Balaban J connectivity index is 1.55. The van der Waals surface area contributed by atoms with Crippen LogP contribution in [0, 0.1) is 6.92 Å². The number of aryl methyl sites for hydroxylation is 1. The smallest absolute Gasteiger partial charge is 0.349 e. The molecule has 0 saturated heterocycles. The normalized spacial score (nSPS) is 11.7. The van der Waals surface area contributed by atoms with Crippen molar-refractivity contribution in [1.82, 2.24) is 5.32 Å². The van der Waals surface area contributed by atoms with Gasteiger partial charge in [0.05, 0.1) is 11.6 Å². The summed E-state index contributed by atoms with van der Waals surface area (Å²) in [7, 11) is 0. The number of hydrogen-bond acceptors (Lipinski definition) is 5. The molecule has 4 aromatic rings. The number of ether oxygens (including phenoxy) is 1. The summed E-state index contributed by atoms with van der Waals surface area (Å²) in [6, 6.07) is 22.4. The number of rotatable bonds is 5. The van der Waals surface area contributed by atoms with Gasteiger partial charge in [0, 0.05) is 11.5 Å². The Morgan fingerprint density at radius 2 is 1.62 bits per heavy atom. The quantitative estimate of drug-likeness (QED) is 0.281. The Morgan fingerprint density at radius 1 is 0.906 bits per heavy atom. The Morgan fingerprint density at radius 3 is 2.38 bits per heavy atom. The molecule has 3 aromatic carbocycles. The molecule has 1 aromatic heterocycles. The monoisotopic (exact) mass is 427 g/mol. The van der Waals surface area contributed by atoms with Crippen LogP contribution in [0.4, 0.5) is 0 Å². The van der Waals surface area contributed by atoms with Crippen LogP contribution in [-0.2, 0) is 0 Å². The van der Waals surface area contributed by atoms with Gasteiger partial charge in [0.15, 0.2) is 0 Å². The molecule has 0 radical (unpaired) electrons. The molecule has 1 atom stereocenters. The van der Waals surface area contributed by atoms with Gasteiger partial charge in [-0.2, -0.15) is 0 Å². The molecule has 0 aliphatic carbocycles. The van der Waals surface area contributed by atoms with Crippen molar-refractivity contribution in [2.24, 2.45) is 0 Å². The van der Waals surface area contributed by atoms with Gasteiger partial charge in [-0.3, -0.25) is 4.79 Å². The molecule has 0 aliphatic heterocycles. The zero-order valence-electron chi connectivity index (χ0n) is 17.6. The molecule has 0 bridgehead atoms. The summed E-state index contributed by atoms with van der Waals surface area (Å²) >= 11 is 0. The minimum atomic E-state index is -0.766. The number of hydrogen-bond donors (Lipinski definition) is 1. The number of amides is 1. The first-order chi connectivity index (χ1) is 15.4. The van der Waals surface area contributed by atoms with Crippen LogP contribution in [0.15, 0.2) is 88.1 Å². The third-order valence-electron chi connectivity index (χ3n) is 5.17. The Labute approximate surface area is 184 Å². The SMILES string of the molecule is Cc1ccccc1C(=O)Oc1ccc2cc(C(=O)NC(C)c3ccccc3)c(=O)oc2c1. The van der Waals surface area contributed by atoms with E-state index in [1.165, 1.54) is 12.1 Å². The highest BCUT2D eigenvalue weighted by Crippen LogP contribution is 2.22. The molecule has 6 nitrogen and oxygen atoms in total. The van der Waals surface area contributed by atoms with E-state index in [9.17, 15) is 14.4 Å². The fraction of sp³-hybridized carbons (Fsp3) is 0.115. The molecule has 1 N–H and O–H groups in total. The lowest BCUT2D eigenvalue weighted by atomic mass is 10.1. The highest BCUT2D eigenvalue weighted by atomic mass is 16.5. The summed E-state index contributed by atoms with van der Waals surface area (Å²) in [6.45, 7) is 3.66. The van der Waals surface area contributed by atoms with Crippen molar-refractivity contribution in [1.29, 1.82) is 0 Å². The Bertz CT molecular complexity index is 1360. The molecule has 32 heavy (non-hydrogen) atoms. The molecule has 160 valence electrons. The van der Waals surface area contributed by atoms with E-state index in [1.807, 2.05) is 56.3 Å². The molecule has 1 amide bonds. The maximum Gasteiger partial charge on any atom is 0.349 e. The van der Waals surface area contributed by atoms with Gasteiger partial charge in [0.1, 0.15) is 16.9 Å². The average Bonchev–Trinajstić information content (AvgIpc) is 2.79. The van der Waals surface area contributed by atoms with Crippen molar-refractivity contribution in [3.63, 3.8) is 0 Å². The second kappa shape index (κ2) is 8.89. The first-order valence-corrected chi connectivity index (χ1v) is 10.1. The average molecular weight is 427 g/mol. The third-order valence-corrected chi connectivity index (χ3v) is 5.17. The van der Waals surface area contributed by atoms with Crippen molar-refractivity contribution in [3.05, 3.63) is 112 Å². The molecule has 0 aliphatic rings. The van der Waals surface area contributed by atoms with Gasteiger partial charge in [0.25, 0.3) is 5.91 Å². The predicted octanol–water partition coefficient (Wildman–Crippen LogP) is 4.81. The van der Waals surface area contributed by atoms with E-state index in [0.29, 0.717) is 10.9 Å². The van der Waals surface area contributed by atoms with Crippen LogP contribution in [0.5, 0.6) is 5.75 Å². The van der Waals surface area contributed by atoms with E-state index >= 15 is 0 Å². The number of carbonyl (C=O) groups is 2. The van der Waals surface area contributed by atoms with Gasteiger partial charge >= 0.3 is 11.6 Å². The van der Waals surface area contributed by atoms with Crippen LogP contribution >= 0.6 is 0 Å². The van der Waals surface area contributed by atoms with Crippen molar-refractivity contribution in [2.45, 2.75) is 19.9 Å². The molecule has 0 saturated carbocycles. The molecule has 4 rings (SSSR count). The molecular weight excluding hydrogens is 406 g/mol. The minimum Gasteiger partial charge on any atom is -0.423 e. The van der Waals surface area contributed by atoms with Gasteiger partial charge in [-0.25, -0.2) is 9.59 Å². The molecule has 6 heteroatoms. The minimum absolute atomic E-state index is 0.0927. The molecule has 0 fully saturated rings. The Kier molecular flexibility index (Phi) is 5.85. The van der Waals surface area contributed by atoms with Crippen LogP contribution in [0.3, 0.4) is 0 Å². The fourth-order valence-electron chi connectivity index (χ4n) is 3.38. The van der Waals surface area contributed by atoms with E-state index < -0.39 is 17.5 Å². The van der Waals surface area contributed by atoms with Gasteiger partial charge < -0.3 is 14.5 Å². The highest BCUT2D eigenvalue weighted by Gasteiger charge is 2.18. The van der Waals surface area contributed by atoms with Gasteiger partial charge in [-0.1, -0.05) is 48.5 Å². The third kappa shape index (κ3) is 4.44. The van der Waals surface area contributed by atoms with E-state index in [0.717, 1.165) is 11.1 Å². The number of esters is 1. The maximum atomic E-state index is 12.7. The summed E-state index contributed by atoms with van der Waals surface area (Å²) < 4.78 is 10.8. The molecule has 1 heterocycles. The number of benzene rings is 3. The van der Waals surface area contributed by atoms with Crippen molar-refractivity contribution < 1.29 is 18.7 Å². The number of carbonyl (C=O) groups excluding carboxylic acids is 2. The van der Waals surface area contributed by atoms with Crippen LogP contribution in [0.25, 0.3) is 11.0 Å². The lowest BCUT2D eigenvalue weighted by molar-refractivity contribution is 0.0734. The summed E-state index contributed by atoms with van der Waals surface area (Å²) in [5, 5.41) is 3.35. The van der Waals surface area contributed by atoms with Crippen molar-refractivity contribution in [2.75, 3.05) is 0 Å². The zero-order chi connectivity index (χ0) is 22.7. The first kappa shape index (κ1) is 21.1. The topological polar surface area (TPSA) is 85.6 Å². The van der Waals surface area contributed by atoms with E-state index in [-0.39, 0.29) is 22.9 Å². The predicted molar refractivity (Wildman–Crippen MR) is 121 cm³/mol. The fourth-order valence-corrected chi connectivity index (χ4v) is 3.38.